The predicted octanol–water partition coefficient (Wildman–Crippen LogP) is 3.21. The SMILES string of the molecule is Cc1ccc(CN2CCCCC(NC(=O)c3cccc([N+](=O)[O-])c3)C2=O)cc1. The number of hydrogen-bond donors (Lipinski definition) is 1. The number of nitrogens with zero attached hydrogens (tertiary/aromatic N) is 2. The molecule has 1 aliphatic rings. The summed E-state index contributed by atoms with van der Waals surface area (Å²) in [5.74, 6) is -0.587. The average Bonchev–Trinajstić information content (AvgIpc) is 2.86. The Morgan fingerprint density at radius 3 is 2.68 bits per heavy atom. The van der Waals surface area contributed by atoms with E-state index >= 15 is 0 Å². The second-order valence-corrected chi connectivity index (χ2v) is 7.07. The van der Waals surface area contributed by atoms with Crippen molar-refractivity contribution in [1.82, 2.24) is 10.2 Å². The van der Waals surface area contributed by atoms with Crippen molar-refractivity contribution in [2.45, 2.75) is 38.8 Å². The molecule has 146 valence electrons. The molecule has 0 spiro atoms. The van der Waals surface area contributed by atoms with Gasteiger partial charge in [0.05, 0.1) is 4.92 Å². The number of nitro benzene ring substituents is 1. The lowest BCUT2D eigenvalue weighted by atomic mass is 10.1. The smallest absolute Gasteiger partial charge is 0.270 e. The molecule has 1 N–H and O–H groups in total. The summed E-state index contributed by atoms with van der Waals surface area (Å²) < 4.78 is 0. The molecule has 0 aliphatic carbocycles. The number of amides is 2. The van der Waals surface area contributed by atoms with Gasteiger partial charge in [0.1, 0.15) is 6.04 Å². The fourth-order valence-corrected chi connectivity index (χ4v) is 3.31. The van der Waals surface area contributed by atoms with E-state index in [2.05, 4.69) is 5.32 Å². The van der Waals surface area contributed by atoms with Crippen LogP contribution in [0.2, 0.25) is 0 Å². The Morgan fingerprint density at radius 1 is 1.21 bits per heavy atom. The Labute approximate surface area is 163 Å². The zero-order chi connectivity index (χ0) is 20.1. The van der Waals surface area contributed by atoms with E-state index in [4.69, 9.17) is 0 Å². The molecular formula is C21H23N3O4. The molecule has 1 fully saturated rings. The fourth-order valence-electron chi connectivity index (χ4n) is 3.31. The minimum Gasteiger partial charge on any atom is -0.340 e. The molecule has 2 aromatic rings. The predicted molar refractivity (Wildman–Crippen MR) is 105 cm³/mol. The fraction of sp³-hybridized carbons (Fsp3) is 0.333. The number of non-ortho nitro benzene ring substituents is 1. The van der Waals surface area contributed by atoms with Crippen molar-refractivity contribution in [3.8, 4) is 0 Å². The van der Waals surface area contributed by atoms with Crippen LogP contribution in [0, 0.1) is 17.0 Å². The molecule has 7 nitrogen and oxygen atoms in total. The summed E-state index contributed by atoms with van der Waals surface area (Å²) in [6, 6.07) is 12.9. The van der Waals surface area contributed by atoms with E-state index in [1.54, 1.807) is 4.90 Å². The second kappa shape index (κ2) is 8.65. The standard InChI is InChI=1S/C21H23N3O4/c1-15-8-10-16(11-9-15)14-23-12-3-2-7-19(21(23)26)22-20(25)17-5-4-6-18(13-17)24(27)28/h4-6,8-11,13,19H,2-3,7,12,14H2,1H3,(H,22,25). The lowest BCUT2D eigenvalue weighted by Gasteiger charge is -2.25. The van der Waals surface area contributed by atoms with Crippen LogP contribution >= 0.6 is 0 Å². The summed E-state index contributed by atoms with van der Waals surface area (Å²) in [6.45, 7) is 3.17. The van der Waals surface area contributed by atoms with E-state index in [-0.39, 0.29) is 17.2 Å². The van der Waals surface area contributed by atoms with Crippen molar-refractivity contribution in [1.29, 1.82) is 0 Å². The van der Waals surface area contributed by atoms with E-state index in [0.717, 1.165) is 24.0 Å². The van der Waals surface area contributed by atoms with E-state index < -0.39 is 16.9 Å². The van der Waals surface area contributed by atoms with Crippen LogP contribution in [-0.2, 0) is 11.3 Å². The molecular weight excluding hydrogens is 358 g/mol. The maximum atomic E-state index is 13.0. The number of likely N-dealkylation sites (tertiary alicyclic amines) is 1. The van der Waals surface area contributed by atoms with Crippen molar-refractivity contribution >= 4 is 17.5 Å². The van der Waals surface area contributed by atoms with Gasteiger partial charge in [-0.05, 0) is 37.8 Å². The first-order valence-corrected chi connectivity index (χ1v) is 9.33. The highest BCUT2D eigenvalue weighted by Gasteiger charge is 2.28. The molecule has 28 heavy (non-hydrogen) atoms. The van der Waals surface area contributed by atoms with E-state index in [0.29, 0.717) is 19.5 Å². The summed E-state index contributed by atoms with van der Waals surface area (Å²) in [4.78, 5) is 37.6. The number of rotatable bonds is 5. The third-order valence-electron chi connectivity index (χ3n) is 4.90. The van der Waals surface area contributed by atoms with Crippen LogP contribution in [0.1, 0.15) is 40.7 Å². The highest BCUT2D eigenvalue weighted by atomic mass is 16.6. The van der Waals surface area contributed by atoms with Crippen molar-refractivity contribution < 1.29 is 14.5 Å². The van der Waals surface area contributed by atoms with Crippen LogP contribution in [0.3, 0.4) is 0 Å². The second-order valence-electron chi connectivity index (χ2n) is 7.07. The van der Waals surface area contributed by atoms with Gasteiger partial charge >= 0.3 is 0 Å². The molecule has 3 rings (SSSR count). The van der Waals surface area contributed by atoms with E-state index in [1.165, 1.54) is 24.3 Å². The third-order valence-corrected chi connectivity index (χ3v) is 4.90. The van der Waals surface area contributed by atoms with Crippen LogP contribution in [-0.4, -0.2) is 34.2 Å². The quantitative estimate of drug-likeness (QED) is 0.636. The van der Waals surface area contributed by atoms with Crippen LogP contribution < -0.4 is 5.32 Å². The van der Waals surface area contributed by atoms with Crippen molar-refractivity contribution in [2.75, 3.05) is 6.54 Å². The molecule has 0 aromatic heterocycles. The number of aryl methyl sites for hydroxylation is 1. The molecule has 1 unspecified atom stereocenters. The molecule has 1 saturated heterocycles. The maximum Gasteiger partial charge on any atom is 0.270 e. The Hall–Kier alpha value is -3.22. The number of carbonyl (C=O) groups is 2. The molecule has 1 aliphatic heterocycles. The summed E-state index contributed by atoms with van der Waals surface area (Å²) in [6.07, 6.45) is 2.26. The van der Waals surface area contributed by atoms with Crippen molar-refractivity contribution in [3.63, 3.8) is 0 Å². The highest BCUT2D eigenvalue weighted by molar-refractivity contribution is 5.98. The third kappa shape index (κ3) is 4.73. The van der Waals surface area contributed by atoms with Gasteiger partial charge in [-0.3, -0.25) is 19.7 Å². The van der Waals surface area contributed by atoms with Gasteiger partial charge in [-0.15, -0.1) is 0 Å². The number of nitro groups is 1. The number of nitrogens with one attached hydrogen (secondary N) is 1. The minimum absolute atomic E-state index is 0.114. The minimum atomic E-state index is -0.625. The highest BCUT2D eigenvalue weighted by Crippen LogP contribution is 2.18. The average molecular weight is 381 g/mol. The maximum absolute atomic E-state index is 13.0. The summed E-state index contributed by atoms with van der Waals surface area (Å²) >= 11 is 0. The molecule has 7 heteroatoms. The van der Waals surface area contributed by atoms with Crippen molar-refractivity contribution in [2.24, 2.45) is 0 Å². The first-order chi connectivity index (χ1) is 13.4. The van der Waals surface area contributed by atoms with Crippen LogP contribution in [0.15, 0.2) is 48.5 Å². The Morgan fingerprint density at radius 2 is 1.96 bits per heavy atom. The van der Waals surface area contributed by atoms with Gasteiger partial charge in [-0.2, -0.15) is 0 Å². The van der Waals surface area contributed by atoms with Gasteiger partial charge < -0.3 is 10.2 Å². The molecule has 1 atom stereocenters. The van der Waals surface area contributed by atoms with Gasteiger partial charge in [0.15, 0.2) is 0 Å². The first kappa shape index (κ1) is 19.5. The van der Waals surface area contributed by atoms with Gasteiger partial charge in [-0.1, -0.05) is 35.9 Å². The number of hydrogen-bond acceptors (Lipinski definition) is 4. The van der Waals surface area contributed by atoms with Gasteiger partial charge in [0, 0.05) is 30.8 Å². The largest absolute Gasteiger partial charge is 0.340 e. The summed E-state index contributed by atoms with van der Waals surface area (Å²) in [7, 11) is 0. The number of benzene rings is 2. The molecule has 0 bridgehead atoms. The van der Waals surface area contributed by atoms with E-state index in [9.17, 15) is 19.7 Å². The molecule has 1 heterocycles. The molecule has 0 radical (unpaired) electrons. The van der Waals surface area contributed by atoms with Crippen molar-refractivity contribution in [3.05, 3.63) is 75.3 Å². The molecule has 0 saturated carbocycles. The van der Waals surface area contributed by atoms with E-state index in [1.807, 2.05) is 31.2 Å². The zero-order valence-electron chi connectivity index (χ0n) is 15.8. The Balaban J connectivity index is 1.71. The first-order valence-electron chi connectivity index (χ1n) is 9.33. The normalized spacial score (nSPS) is 17.1. The lowest BCUT2D eigenvalue weighted by molar-refractivity contribution is -0.384. The summed E-state index contributed by atoms with van der Waals surface area (Å²) in [5, 5.41) is 13.7. The van der Waals surface area contributed by atoms with Gasteiger partial charge in [-0.25, -0.2) is 0 Å². The van der Waals surface area contributed by atoms with Crippen LogP contribution in [0.5, 0.6) is 0 Å². The molecule has 2 amide bonds. The molecule has 2 aromatic carbocycles. The van der Waals surface area contributed by atoms with Crippen LogP contribution in [0.4, 0.5) is 5.69 Å². The van der Waals surface area contributed by atoms with Gasteiger partial charge in [0.25, 0.3) is 11.6 Å². The van der Waals surface area contributed by atoms with Gasteiger partial charge in [0.2, 0.25) is 5.91 Å². The zero-order valence-corrected chi connectivity index (χ0v) is 15.8. The summed E-state index contributed by atoms with van der Waals surface area (Å²) in [5.41, 5.74) is 2.23. The number of carbonyl (C=O) groups excluding carboxylic acids is 2. The lowest BCUT2D eigenvalue weighted by Crippen LogP contribution is -2.47. The topological polar surface area (TPSA) is 92.6 Å². The Kier molecular flexibility index (Phi) is 6.03. The monoisotopic (exact) mass is 381 g/mol. The van der Waals surface area contributed by atoms with Crippen LogP contribution in [0.25, 0.3) is 0 Å². The Bertz CT molecular complexity index is 879.